The zero-order valence-corrected chi connectivity index (χ0v) is 4.39. The van der Waals surface area contributed by atoms with Gasteiger partial charge in [0.1, 0.15) is 5.56 Å². The molecule has 0 aliphatic heterocycles. The maximum absolute atomic E-state index is 12.2. The summed E-state index contributed by atoms with van der Waals surface area (Å²) in [6.45, 7) is 0. The number of nitrogens with one attached hydrogen (secondary N) is 1. The average molecular weight is 129 g/mol. The fraction of sp³-hybridized carbons (Fsp3) is 0. The predicted molar refractivity (Wildman–Crippen MR) is 27.1 cm³/mol. The number of carbonyl (C=O) groups is 1. The second-order valence-electron chi connectivity index (χ2n) is 1.45. The number of nitrogens with two attached hydrogens (primary N) is 1. The Balaban J connectivity index is 3.08. The number of H-pyrrole nitrogens is 1. The quantitative estimate of drug-likeness (QED) is 0.543. The van der Waals surface area contributed by atoms with Crippen molar-refractivity contribution >= 4 is 5.91 Å². The molecular formula is C4H4FN3O. The molecule has 0 fully saturated rings. The molecule has 3 N–H and O–H groups in total. The lowest BCUT2D eigenvalue weighted by molar-refractivity contribution is 0.0996. The zero-order valence-electron chi connectivity index (χ0n) is 4.39. The van der Waals surface area contributed by atoms with Gasteiger partial charge in [-0.05, 0) is 0 Å². The van der Waals surface area contributed by atoms with Crippen LogP contribution < -0.4 is 5.73 Å². The molecule has 1 aromatic rings. The molecule has 4 nitrogen and oxygen atoms in total. The molecule has 0 atom stereocenters. The number of amides is 1. The van der Waals surface area contributed by atoms with Crippen LogP contribution in [-0.2, 0) is 0 Å². The Labute approximate surface area is 49.9 Å². The summed E-state index contributed by atoms with van der Waals surface area (Å²) in [5, 5.41) is 5.20. The largest absolute Gasteiger partial charge is 0.365 e. The zero-order chi connectivity index (χ0) is 6.85. The van der Waals surface area contributed by atoms with Crippen molar-refractivity contribution in [3.63, 3.8) is 0 Å². The van der Waals surface area contributed by atoms with Crippen LogP contribution in [0, 0.1) is 5.95 Å². The van der Waals surface area contributed by atoms with Crippen molar-refractivity contribution in [3.05, 3.63) is 17.7 Å². The molecule has 0 spiro atoms. The van der Waals surface area contributed by atoms with Gasteiger partial charge in [0.15, 0.2) is 0 Å². The summed E-state index contributed by atoms with van der Waals surface area (Å²) in [6.07, 6.45) is 1.11. The molecule has 1 aromatic heterocycles. The summed E-state index contributed by atoms with van der Waals surface area (Å²) < 4.78 is 12.2. The van der Waals surface area contributed by atoms with Crippen molar-refractivity contribution < 1.29 is 9.18 Å². The van der Waals surface area contributed by atoms with Crippen molar-refractivity contribution in [2.75, 3.05) is 0 Å². The van der Waals surface area contributed by atoms with Crippen LogP contribution in [0.2, 0.25) is 0 Å². The molecule has 0 aliphatic carbocycles. The number of hydrogen-bond donors (Lipinski definition) is 2. The van der Waals surface area contributed by atoms with Gasteiger partial charge in [-0.25, -0.2) is 0 Å². The van der Waals surface area contributed by atoms with E-state index in [1.807, 2.05) is 0 Å². The molecule has 9 heavy (non-hydrogen) atoms. The molecule has 1 rings (SSSR count). The molecule has 0 bridgehead atoms. The highest BCUT2D eigenvalue weighted by atomic mass is 19.1. The molecule has 1 heterocycles. The van der Waals surface area contributed by atoms with Crippen LogP contribution >= 0.6 is 0 Å². The molecule has 0 radical (unpaired) electrons. The number of carbonyl (C=O) groups excluding carboxylic acids is 1. The summed E-state index contributed by atoms with van der Waals surface area (Å²) >= 11 is 0. The van der Waals surface area contributed by atoms with Crippen LogP contribution in [-0.4, -0.2) is 16.1 Å². The van der Waals surface area contributed by atoms with E-state index in [-0.39, 0.29) is 5.56 Å². The van der Waals surface area contributed by atoms with Crippen molar-refractivity contribution in [1.29, 1.82) is 0 Å². The minimum Gasteiger partial charge on any atom is -0.365 e. The van der Waals surface area contributed by atoms with Crippen molar-refractivity contribution in [1.82, 2.24) is 10.2 Å². The minimum atomic E-state index is -0.859. The standard InChI is InChI=1S/C4H4FN3O/c5-3-2(4(6)9)1-7-8-3/h1H,(H2,6,9)(H,7,8). The van der Waals surface area contributed by atoms with E-state index in [9.17, 15) is 9.18 Å². The number of aromatic nitrogens is 2. The van der Waals surface area contributed by atoms with Crippen LogP contribution in [0.4, 0.5) is 4.39 Å². The summed E-state index contributed by atoms with van der Waals surface area (Å²) in [5.41, 5.74) is 4.51. The van der Waals surface area contributed by atoms with Gasteiger partial charge in [-0.1, -0.05) is 0 Å². The lowest BCUT2D eigenvalue weighted by Gasteiger charge is -1.82. The Morgan fingerprint density at radius 2 is 2.56 bits per heavy atom. The topological polar surface area (TPSA) is 71.8 Å². The Bertz CT molecular complexity index is 231. The van der Waals surface area contributed by atoms with E-state index in [0.717, 1.165) is 6.20 Å². The van der Waals surface area contributed by atoms with Gasteiger partial charge >= 0.3 is 0 Å². The molecule has 0 saturated carbocycles. The maximum atomic E-state index is 12.2. The number of aromatic amines is 1. The van der Waals surface area contributed by atoms with Gasteiger partial charge in [-0.15, -0.1) is 5.10 Å². The maximum Gasteiger partial charge on any atom is 0.254 e. The third-order valence-electron chi connectivity index (χ3n) is 0.859. The molecule has 0 saturated heterocycles. The van der Waals surface area contributed by atoms with Crippen LogP contribution in [0.15, 0.2) is 6.20 Å². The Hall–Kier alpha value is -1.39. The summed E-state index contributed by atoms with van der Waals surface area (Å²) in [5.74, 6) is -1.68. The number of rotatable bonds is 1. The first-order chi connectivity index (χ1) is 4.22. The van der Waals surface area contributed by atoms with Gasteiger partial charge in [-0.2, -0.15) is 4.39 Å². The molecule has 5 heteroatoms. The van der Waals surface area contributed by atoms with Gasteiger partial charge in [0.2, 0.25) is 5.95 Å². The monoisotopic (exact) mass is 129 g/mol. The smallest absolute Gasteiger partial charge is 0.254 e. The fourth-order valence-electron chi connectivity index (χ4n) is 0.446. The predicted octanol–water partition coefficient (Wildman–Crippen LogP) is -0.352. The van der Waals surface area contributed by atoms with Crippen LogP contribution in [0.1, 0.15) is 10.4 Å². The van der Waals surface area contributed by atoms with Crippen LogP contribution in [0.5, 0.6) is 0 Å². The molecule has 0 aliphatic rings. The van der Waals surface area contributed by atoms with Gasteiger partial charge in [0.25, 0.3) is 5.91 Å². The number of hydrogen-bond acceptors (Lipinski definition) is 2. The summed E-state index contributed by atoms with van der Waals surface area (Å²) in [6, 6.07) is 0. The molecular weight excluding hydrogens is 125 g/mol. The highest BCUT2D eigenvalue weighted by molar-refractivity contribution is 5.92. The van der Waals surface area contributed by atoms with Gasteiger partial charge in [0.05, 0.1) is 0 Å². The third kappa shape index (κ3) is 0.883. The second-order valence-corrected chi connectivity index (χ2v) is 1.45. The molecule has 0 unspecified atom stereocenters. The van der Waals surface area contributed by atoms with E-state index in [2.05, 4.69) is 10.2 Å². The number of halogens is 1. The Kier molecular flexibility index (Phi) is 1.18. The van der Waals surface area contributed by atoms with Gasteiger partial charge in [0, 0.05) is 6.20 Å². The molecule has 48 valence electrons. The normalized spacial score (nSPS) is 9.44. The summed E-state index contributed by atoms with van der Waals surface area (Å²) in [7, 11) is 0. The summed E-state index contributed by atoms with van der Waals surface area (Å²) in [4.78, 5) is 10.2. The van der Waals surface area contributed by atoms with E-state index < -0.39 is 11.9 Å². The first kappa shape index (κ1) is 5.74. The van der Waals surface area contributed by atoms with E-state index in [0.29, 0.717) is 0 Å². The molecule has 0 aromatic carbocycles. The number of primary amides is 1. The van der Waals surface area contributed by atoms with Crippen molar-refractivity contribution in [2.24, 2.45) is 5.73 Å². The van der Waals surface area contributed by atoms with E-state index in [1.165, 1.54) is 0 Å². The fourth-order valence-corrected chi connectivity index (χ4v) is 0.446. The SMILES string of the molecule is NC(=O)c1c[nH]nc1F. The Morgan fingerprint density at radius 3 is 2.78 bits per heavy atom. The highest BCUT2D eigenvalue weighted by Crippen LogP contribution is 1.98. The van der Waals surface area contributed by atoms with Crippen LogP contribution in [0.25, 0.3) is 0 Å². The second kappa shape index (κ2) is 1.85. The van der Waals surface area contributed by atoms with Crippen molar-refractivity contribution in [3.8, 4) is 0 Å². The average Bonchev–Trinajstić information content (AvgIpc) is 2.13. The van der Waals surface area contributed by atoms with E-state index >= 15 is 0 Å². The first-order valence-electron chi connectivity index (χ1n) is 2.21. The first-order valence-corrected chi connectivity index (χ1v) is 2.21. The highest BCUT2D eigenvalue weighted by Gasteiger charge is 2.08. The van der Waals surface area contributed by atoms with Gasteiger partial charge in [-0.3, -0.25) is 9.89 Å². The lowest BCUT2D eigenvalue weighted by Crippen LogP contribution is -2.11. The van der Waals surface area contributed by atoms with E-state index in [1.54, 1.807) is 0 Å². The van der Waals surface area contributed by atoms with Crippen LogP contribution in [0.3, 0.4) is 0 Å². The van der Waals surface area contributed by atoms with Crippen molar-refractivity contribution in [2.45, 2.75) is 0 Å². The lowest BCUT2D eigenvalue weighted by atomic mass is 10.3. The third-order valence-corrected chi connectivity index (χ3v) is 0.859. The Morgan fingerprint density at radius 1 is 1.89 bits per heavy atom. The number of nitrogens with zero attached hydrogens (tertiary/aromatic N) is 1. The minimum absolute atomic E-state index is 0.213. The van der Waals surface area contributed by atoms with E-state index in [4.69, 9.17) is 5.73 Å². The van der Waals surface area contributed by atoms with Gasteiger partial charge < -0.3 is 5.73 Å². The molecule has 1 amide bonds.